The van der Waals surface area contributed by atoms with E-state index in [0.29, 0.717) is 35.9 Å². The highest BCUT2D eigenvalue weighted by Crippen LogP contribution is 2.40. The Labute approximate surface area is 248 Å². The number of nitrogens with zero attached hydrogens (tertiary/aromatic N) is 2. The Morgan fingerprint density at radius 2 is 2.00 bits per heavy atom. The van der Waals surface area contributed by atoms with Gasteiger partial charge in [-0.25, -0.2) is 13.2 Å². The summed E-state index contributed by atoms with van der Waals surface area (Å²) in [6.45, 7) is 4.79. The summed E-state index contributed by atoms with van der Waals surface area (Å²) in [6, 6.07) is 5.64. The molecule has 2 heterocycles. The molecule has 216 valence electrons. The lowest BCUT2D eigenvalue weighted by Gasteiger charge is -2.18. The number of aromatic nitrogens is 1. The van der Waals surface area contributed by atoms with Crippen molar-refractivity contribution in [1.29, 1.82) is 0 Å². The zero-order valence-corrected chi connectivity index (χ0v) is 26.4. The molecule has 0 fully saturated rings. The number of benzene rings is 1. The Balaban J connectivity index is 1.51. The SMILES string of the molecule is CCOC(=O)c1c(NC(=O)CS(=O)(=O)CC(=O)N=c2sc3cc(Br)ccc3n2CCOC)sc2c1CCC(C)C2. The Hall–Kier alpha value is -2.39. The molecule has 14 heteroatoms. The number of fused-ring (bicyclic) bond motifs is 2. The van der Waals surface area contributed by atoms with Gasteiger partial charge in [0.1, 0.15) is 16.5 Å². The van der Waals surface area contributed by atoms with Crippen LogP contribution in [0.5, 0.6) is 0 Å². The number of esters is 1. The van der Waals surface area contributed by atoms with Gasteiger partial charge in [0.05, 0.1) is 29.0 Å². The molecule has 0 bridgehead atoms. The number of hydrogen-bond acceptors (Lipinski definition) is 9. The van der Waals surface area contributed by atoms with E-state index in [1.807, 2.05) is 18.2 Å². The minimum Gasteiger partial charge on any atom is -0.462 e. The summed E-state index contributed by atoms with van der Waals surface area (Å²) in [5.74, 6) is -3.65. The third-order valence-electron chi connectivity index (χ3n) is 6.32. The number of anilines is 1. The predicted octanol–water partition coefficient (Wildman–Crippen LogP) is 3.96. The van der Waals surface area contributed by atoms with Crippen molar-refractivity contribution in [3.8, 4) is 0 Å². The van der Waals surface area contributed by atoms with Crippen LogP contribution >= 0.6 is 38.6 Å². The number of halogens is 1. The largest absolute Gasteiger partial charge is 0.462 e. The smallest absolute Gasteiger partial charge is 0.341 e. The van der Waals surface area contributed by atoms with Crippen molar-refractivity contribution in [3.63, 3.8) is 0 Å². The van der Waals surface area contributed by atoms with Crippen molar-refractivity contribution in [2.75, 3.05) is 37.1 Å². The van der Waals surface area contributed by atoms with Crippen molar-refractivity contribution in [3.05, 3.63) is 43.5 Å². The van der Waals surface area contributed by atoms with E-state index in [1.165, 1.54) is 22.7 Å². The minimum absolute atomic E-state index is 0.176. The van der Waals surface area contributed by atoms with Crippen molar-refractivity contribution < 1.29 is 32.3 Å². The lowest BCUT2D eigenvalue weighted by molar-refractivity contribution is -0.115. The molecule has 3 aromatic rings. The summed E-state index contributed by atoms with van der Waals surface area (Å²) in [6.07, 6.45) is 2.37. The van der Waals surface area contributed by atoms with E-state index in [0.717, 1.165) is 38.0 Å². The van der Waals surface area contributed by atoms with Gasteiger partial charge in [-0.2, -0.15) is 4.99 Å². The molecular formula is C26H30BrN3O7S3. The molecule has 0 saturated heterocycles. The van der Waals surface area contributed by atoms with Crippen LogP contribution in [0.15, 0.2) is 27.7 Å². The number of amides is 2. The van der Waals surface area contributed by atoms with E-state index in [-0.39, 0.29) is 11.6 Å². The van der Waals surface area contributed by atoms with Gasteiger partial charge in [-0.1, -0.05) is 34.2 Å². The molecule has 0 saturated carbocycles. The molecule has 1 aliphatic rings. The highest BCUT2D eigenvalue weighted by Gasteiger charge is 2.30. The molecular weight excluding hydrogens is 642 g/mol. The standard InChI is InChI=1S/C26H30BrN3O7S3/c1-4-37-25(33)23-17-7-5-15(2)11-19(17)38-24(23)28-21(31)13-40(34,35)14-22(32)29-26-30(9-10-36-3)18-8-6-16(27)12-20(18)39-26/h6,8,12,15H,4-5,7,9-11,13-14H2,1-3H3,(H,28,31). The van der Waals surface area contributed by atoms with Crippen molar-refractivity contribution in [1.82, 2.24) is 4.57 Å². The molecule has 1 aliphatic carbocycles. The minimum atomic E-state index is -4.14. The van der Waals surface area contributed by atoms with E-state index >= 15 is 0 Å². The Bertz CT molecular complexity index is 1620. The Kier molecular flexibility index (Phi) is 9.98. The van der Waals surface area contributed by atoms with Crippen molar-refractivity contribution in [2.45, 2.75) is 39.7 Å². The molecule has 0 spiro atoms. The van der Waals surface area contributed by atoms with Crippen LogP contribution in [0.3, 0.4) is 0 Å². The number of thiazole rings is 1. The summed E-state index contributed by atoms with van der Waals surface area (Å²) in [7, 11) is -2.58. The Morgan fingerprint density at radius 1 is 1.23 bits per heavy atom. The zero-order chi connectivity index (χ0) is 29.0. The first-order chi connectivity index (χ1) is 19.0. The van der Waals surface area contributed by atoms with Gasteiger partial charge in [0.2, 0.25) is 5.91 Å². The van der Waals surface area contributed by atoms with Crippen molar-refractivity contribution >= 4 is 81.4 Å². The van der Waals surface area contributed by atoms with Crippen LogP contribution in [0.4, 0.5) is 5.00 Å². The number of hydrogen-bond donors (Lipinski definition) is 1. The third-order valence-corrected chi connectivity index (χ3v) is 10.4. The fourth-order valence-electron chi connectivity index (χ4n) is 4.53. The lowest BCUT2D eigenvalue weighted by atomic mass is 9.88. The third kappa shape index (κ3) is 7.27. The predicted molar refractivity (Wildman–Crippen MR) is 159 cm³/mol. The highest BCUT2D eigenvalue weighted by atomic mass is 79.9. The maximum Gasteiger partial charge on any atom is 0.341 e. The van der Waals surface area contributed by atoms with Gasteiger partial charge >= 0.3 is 5.97 Å². The van der Waals surface area contributed by atoms with Gasteiger partial charge in [0.25, 0.3) is 5.91 Å². The summed E-state index contributed by atoms with van der Waals surface area (Å²) < 4.78 is 39.5. The summed E-state index contributed by atoms with van der Waals surface area (Å²) >= 11 is 5.95. The number of thiophene rings is 1. The number of carbonyl (C=O) groups excluding carboxylic acids is 3. The maximum atomic E-state index is 12.8. The molecule has 1 atom stereocenters. The molecule has 1 N–H and O–H groups in total. The van der Waals surface area contributed by atoms with Gasteiger partial charge in [0, 0.05) is 23.0 Å². The first-order valence-electron chi connectivity index (χ1n) is 12.7. The van der Waals surface area contributed by atoms with Gasteiger partial charge in [-0.3, -0.25) is 9.59 Å². The Morgan fingerprint density at radius 3 is 2.73 bits per heavy atom. The summed E-state index contributed by atoms with van der Waals surface area (Å²) in [5, 5.41) is 2.88. The van der Waals surface area contributed by atoms with Crippen LogP contribution in [0, 0.1) is 5.92 Å². The lowest BCUT2D eigenvalue weighted by Crippen LogP contribution is -2.28. The number of rotatable bonds is 10. The molecule has 2 aromatic heterocycles. The highest BCUT2D eigenvalue weighted by molar-refractivity contribution is 9.10. The normalized spacial score (nSPS) is 15.7. The van der Waals surface area contributed by atoms with Crippen molar-refractivity contribution in [2.24, 2.45) is 10.9 Å². The van der Waals surface area contributed by atoms with E-state index in [1.54, 1.807) is 18.6 Å². The molecule has 0 aliphatic heterocycles. The number of ether oxygens (including phenoxy) is 2. The molecule has 40 heavy (non-hydrogen) atoms. The second-order valence-corrected chi connectivity index (χ2v) is 14.6. The molecule has 10 nitrogen and oxygen atoms in total. The quantitative estimate of drug-likeness (QED) is 0.323. The average molecular weight is 673 g/mol. The van der Waals surface area contributed by atoms with Crippen LogP contribution in [0.25, 0.3) is 10.2 Å². The topological polar surface area (TPSA) is 133 Å². The second kappa shape index (κ2) is 13.1. The molecule has 4 rings (SSSR count). The van der Waals surface area contributed by atoms with E-state index in [9.17, 15) is 22.8 Å². The summed E-state index contributed by atoms with van der Waals surface area (Å²) in [4.78, 5) is 43.6. The number of methoxy groups -OCH3 is 1. The molecule has 1 aromatic carbocycles. The van der Waals surface area contributed by atoms with E-state index < -0.39 is 39.1 Å². The molecule has 0 radical (unpaired) electrons. The number of nitrogens with one attached hydrogen (secondary N) is 1. The molecule has 2 amide bonds. The van der Waals surface area contributed by atoms with Gasteiger partial charge in [-0.15, -0.1) is 11.3 Å². The fourth-order valence-corrected chi connectivity index (χ4v) is 8.58. The molecule has 1 unspecified atom stereocenters. The van der Waals surface area contributed by atoms with Crippen LogP contribution < -0.4 is 10.1 Å². The number of sulfone groups is 1. The number of carbonyl (C=O) groups is 3. The van der Waals surface area contributed by atoms with E-state index in [2.05, 4.69) is 33.2 Å². The van der Waals surface area contributed by atoms with E-state index in [4.69, 9.17) is 9.47 Å². The van der Waals surface area contributed by atoms with Crippen LogP contribution in [-0.2, 0) is 48.3 Å². The van der Waals surface area contributed by atoms with Gasteiger partial charge in [-0.05, 0) is 55.9 Å². The van der Waals surface area contributed by atoms with Crippen LogP contribution in [0.1, 0.15) is 41.1 Å². The monoisotopic (exact) mass is 671 g/mol. The second-order valence-electron chi connectivity index (χ2n) is 9.50. The van der Waals surface area contributed by atoms with Crippen LogP contribution in [0.2, 0.25) is 0 Å². The average Bonchev–Trinajstić information content (AvgIpc) is 3.37. The van der Waals surface area contributed by atoms with Gasteiger partial charge < -0.3 is 19.4 Å². The first-order valence-corrected chi connectivity index (χ1v) is 16.9. The van der Waals surface area contributed by atoms with Gasteiger partial charge in [0.15, 0.2) is 14.6 Å². The maximum absolute atomic E-state index is 12.8. The summed E-state index contributed by atoms with van der Waals surface area (Å²) in [5.41, 5.74) is 1.98. The fraction of sp³-hybridized carbons (Fsp3) is 0.462. The van der Waals surface area contributed by atoms with Crippen LogP contribution in [-0.4, -0.2) is 62.6 Å². The zero-order valence-electron chi connectivity index (χ0n) is 22.3. The first kappa shape index (κ1) is 30.6.